The normalized spacial score (nSPS) is 11.6. The van der Waals surface area contributed by atoms with Crippen molar-refractivity contribution in [3.05, 3.63) is 25.3 Å². The summed E-state index contributed by atoms with van der Waals surface area (Å²) < 4.78 is 22.1. The molecule has 0 bridgehead atoms. The first-order valence-corrected chi connectivity index (χ1v) is 5.78. The highest BCUT2D eigenvalue weighted by atomic mass is 31.2. The minimum atomic E-state index is -2.97. The van der Waals surface area contributed by atoms with Gasteiger partial charge in [0.15, 0.2) is 0 Å². The smallest absolute Gasteiger partial charge is 0.304 e. The van der Waals surface area contributed by atoms with E-state index in [1.54, 1.807) is 26.0 Å². The van der Waals surface area contributed by atoms with Gasteiger partial charge in [-0.25, -0.2) is 0 Å². The van der Waals surface area contributed by atoms with E-state index >= 15 is 0 Å². The van der Waals surface area contributed by atoms with Crippen molar-refractivity contribution in [1.82, 2.24) is 0 Å². The van der Waals surface area contributed by atoms with Crippen LogP contribution in [-0.2, 0) is 13.6 Å². The zero-order valence-electron chi connectivity index (χ0n) is 8.23. The molecule has 0 unspecified atom stereocenters. The molecule has 0 N–H and O–H groups in total. The molecule has 0 spiro atoms. The molecule has 13 heavy (non-hydrogen) atoms. The van der Waals surface area contributed by atoms with Crippen LogP contribution in [0.5, 0.6) is 0 Å². The molecule has 0 saturated heterocycles. The van der Waals surface area contributed by atoms with Gasteiger partial charge in [-0.05, 0) is 0 Å². The van der Waals surface area contributed by atoms with E-state index in [2.05, 4.69) is 13.2 Å². The van der Waals surface area contributed by atoms with Crippen molar-refractivity contribution in [3.8, 4) is 0 Å². The molecular formula is C9H17O3P. The lowest BCUT2D eigenvalue weighted by molar-refractivity contribution is 0.231. The predicted octanol–water partition coefficient (Wildman–Crippen LogP) is 2.99. The lowest BCUT2D eigenvalue weighted by atomic mass is 10.6. The Balaban J connectivity index is 4.24. The lowest BCUT2D eigenvalue weighted by Gasteiger charge is -2.20. The molecule has 0 atom stereocenters. The minimum absolute atomic E-state index is 0.146. The van der Waals surface area contributed by atoms with Gasteiger partial charge >= 0.3 is 7.60 Å². The number of rotatable bonds is 7. The van der Waals surface area contributed by atoms with Crippen molar-refractivity contribution in [2.45, 2.75) is 19.5 Å². The Morgan fingerprint density at radius 3 is 1.85 bits per heavy atom. The summed E-state index contributed by atoms with van der Waals surface area (Å²) in [4.78, 5) is 0. The summed E-state index contributed by atoms with van der Waals surface area (Å²) in [5.41, 5.74) is -0.146. The fraction of sp³-hybridized carbons (Fsp3) is 0.556. The van der Waals surface area contributed by atoms with Crippen LogP contribution in [0.25, 0.3) is 0 Å². The van der Waals surface area contributed by atoms with Crippen LogP contribution in [0.4, 0.5) is 0 Å². The Hall–Kier alpha value is -0.370. The number of hydrogen-bond acceptors (Lipinski definition) is 3. The third-order valence-electron chi connectivity index (χ3n) is 1.38. The largest absolute Gasteiger partial charge is 0.333 e. The Labute approximate surface area is 80.0 Å². The Kier molecular flexibility index (Phi) is 5.97. The first-order valence-electron chi connectivity index (χ1n) is 4.17. The van der Waals surface area contributed by atoms with Gasteiger partial charge in [-0.1, -0.05) is 26.0 Å². The zero-order valence-corrected chi connectivity index (χ0v) is 9.13. The van der Waals surface area contributed by atoms with Crippen molar-refractivity contribution in [2.24, 2.45) is 0 Å². The standard InChI is InChI=1S/C9H17O3P/c1-5-7-11-13(10,9(3)4)12-8-6-2/h5-6,9H,1-2,7-8H2,3-4H3. The fourth-order valence-corrected chi connectivity index (χ4v) is 1.95. The molecule has 0 aromatic rings. The fourth-order valence-electron chi connectivity index (χ4n) is 0.649. The van der Waals surface area contributed by atoms with Gasteiger partial charge in [0, 0.05) is 0 Å². The minimum Gasteiger partial charge on any atom is -0.304 e. The van der Waals surface area contributed by atoms with Gasteiger partial charge in [-0.2, -0.15) is 0 Å². The average Bonchev–Trinajstić information content (AvgIpc) is 2.11. The second-order valence-corrected chi connectivity index (χ2v) is 5.43. The van der Waals surface area contributed by atoms with Crippen LogP contribution in [0.2, 0.25) is 0 Å². The molecule has 0 aromatic heterocycles. The summed E-state index contributed by atoms with van der Waals surface area (Å²) >= 11 is 0. The van der Waals surface area contributed by atoms with Crippen molar-refractivity contribution in [1.29, 1.82) is 0 Å². The third kappa shape index (κ3) is 4.41. The van der Waals surface area contributed by atoms with E-state index in [0.29, 0.717) is 0 Å². The van der Waals surface area contributed by atoms with Gasteiger partial charge < -0.3 is 9.05 Å². The monoisotopic (exact) mass is 204 g/mol. The van der Waals surface area contributed by atoms with E-state index in [-0.39, 0.29) is 18.9 Å². The van der Waals surface area contributed by atoms with Crippen LogP contribution in [0.3, 0.4) is 0 Å². The van der Waals surface area contributed by atoms with E-state index in [9.17, 15) is 4.57 Å². The molecule has 3 nitrogen and oxygen atoms in total. The van der Waals surface area contributed by atoms with Gasteiger partial charge in [0.25, 0.3) is 0 Å². The molecular weight excluding hydrogens is 187 g/mol. The molecule has 0 radical (unpaired) electrons. The number of hydrogen-bond donors (Lipinski definition) is 0. The maximum Gasteiger partial charge on any atom is 0.333 e. The first-order chi connectivity index (χ1) is 6.06. The molecule has 0 aliphatic rings. The predicted molar refractivity (Wildman–Crippen MR) is 55.0 cm³/mol. The molecule has 0 heterocycles. The van der Waals surface area contributed by atoms with Gasteiger partial charge in [0.2, 0.25) is 0 Å². The molecule has 0 aromatic carbocycles. The molecule has 0 amide bonds. The van der Waals surface area contributed by atoms with Gasteiger partial charge in [0.1, 0.15) is 0 Å². The van der Waals surface area contributed by atoms with Gasteiger partial charge in [-0.15, -0.1) is 13.2 Å². The molecule has 0 aliphatic carbocycles. The molecule has 0 fully saturated rings. The zero-order chi connectivity index (χ0) is 10.3. The summed E-state index contributed by atoms with van der Waals surface area (Å²) in [6.07, 6.45) is 3.10. The Morgan fingerprint density at radius 1 is 1.23 bits per heavy atom. The van der Waals surface area contributed by atoms with Crippen molar-refractivity contribution < 1.29 is 13.6 Å². The quantitative estimate of drug-likeness (QED) is 0.472. The summed E-state index contributed by atoms with van der Waals surface area (Å²) in [5.74, 6) is 0. The highest BCUT2D eigenvalue weighted by molar-refractivity contribution is 7.54. The molecule has 0 aliphatic heterocycles. The Bertz CT molecular complexity index is 195. The van der Waals surface area contributed by atoms with Crippen molar-refractivity contribution in [3.63, 3.8) is 0 Å². The topological polar surface area (TPSA) is 35.5 Å². The highest BCUT2D eigenvalue weighted by Crippen LogP contribution is 2.52. The van der Waals surface area contributed by atoms with Crippen LogP contribution in [-0.4, -0.2) is 18.9 Å². The van der Waals surface area contributed by atoms with E-state index in [1.165, 1.54) is 0 Å². The summed E-state index contributed by atoms with van der Waals surface area (Å²) in [7, 11) is -2.97. The maximum absolute atomic E-state index is 11.9. The van der Waals surface area contributed by atoms with Crippen LogP contribution in [0, 0.1) is 0 Å². The van der Waals surface area contributed by atoms with Crippen LogP contribution < -0.4 is 0 Å². The Morgan fingerprint density at radius 2 is 1.62 bits per heavy atom. The van der Waals surface area contributed by atoms with E-state index in [4.69, 9.17) is 9.05 Å². The van der Waals surface area contributed by atoms with Crippen LogP contribution >= 0.6 is 7.60 Å². The first kappa shape index (κ1) is 12.6. The molecule has 0 rings (SSSR count). The maximum atomic E-state index is 11.9. The van der Waals surface area contributed by atoms with Crippen molar-refractivity contribution >= 4 is 7.60 Å². The lowest BCUT2D eigenvalue weighted by Crippen LogP contribution is -2.06. The van der Waals surface area contributed by atoms with Crippen molar-refractivity contribution in [2.75, 3.05) is 13.2 Å². The second-order valence-electron chi connectivity index (χ2n) is 2.80. The third-order valence-corrected chi connectivity index (χ3v) is 3.66. The van der Waals surface area contributed by atoms with E-state index in [1.807, 2.05) is 0 Å². The molecule has 4 heteroatoms. The van der Waals surface area contributed by atoms with Gasteiger partial charge in [-0.3, -0.25) is 4.57 Å². The van der Waals surface area contributed by atoms with Gasteiger partial charge in [0.05, 0.1) is 18.9 Å². The van der Waals surface area contributed by atoms with E-state index in [0.717, 1.165) is 0 Å². The van der Waals surface area contributed by atoms with E-state index < -0.39 is 7.60 Å². The summed E-state index contributed by atoms with van der Waals surface area (Å²) in [5, 5.41) is 0. The molecule has 0 saturated carbocycles. The summed E-state index contributed by atoms with van der Waals surface area (Å²) in [6, 6.07) is 0. The average molecular weight is 204 g/mol. The SMILES string of the molecule is C=CCOP(=O)(OCC=C)C(C)C. The van der Waals surface area contributed by atoms with Crippen LogP contribution in [0.1, 0.15) is 13.8 Å². The highest BCUT2D eigenvalue weighted by Gasteiger charge is 2.28. The van der Waals surface area contributed by atoms with Crippen LogP contribution in [0.15, 0.2) is 25.3 Å². The summed E-state index contributed by atoms with van der Waals surface area (Å²) in [6.45, 7) is 11.0. The molecule has 76 valence electrons. The second kappa shape index (κ2) is 6.14.